The maximum absolute atomic E-state index is 13.8. The molecule has 0 aliphatic heterocycles. The van der Waals surface area contributed by atoms with Gasteiger partial charge in [0.2, 0.25) is 0 Å². The van der Waals surface area contributed by atoms with Crippen LogP contribution in [0.25, 0.3) is 11.3 Å². The Morgan fingerprint density at radius 1 is 1.25 bits per heavy atom. The van der Waals surface area contributed by atoms with Gasteiger partial charge in [-0.25, -0.2) is 4.79 Å². The van der Waals surface area contributed by atoms with Gasteiger partial charge in [0.1, 0.15) is 11.8 Å². The van der Waals surface area contributed by atoms with E-state index in [1.54, 1.807) is 6.07 Å². The highest BCUT2D eigenvalue weighted by atomic mass is 79.9. The zero-order valence-electron chi connectivity index (χ0n) is 15.7. The zero-order chi connectivity index (χ0) is 23.6. The highest BCUT2D eigenvalue weighted by molar-refractivity contribution is 9.10. The largest absolute Gasteiger partial charge is 0.440 e. The quantitative estimate of drug-likeness (QED) is 0.224. The molecule has 0 N–H and O–H groups in total. The number of hydrogen-bond acceptors (Lipinski definition) is 5. The van der Waals surface area contributed by atoms with Crippen molar-refractivity contribution in [1.29, 1.82) is 5.26 Å². The molecule has 0 saturated carbocycles. The topological polar surface area (TPSA) is 98.2 Å². The van der Waals surface area contributed by atoms with Gasteiger partial charge in [0.15, 0.2) is 6.73 Å². The van der Waals surface area contributed by atoms with Crippen molar-refractivity contribution in [1.82, 2.24) is 4.57 Å². The molecule has 32 heavy (non-hydrogen) atoms. The third kappa shape index (κ3) is 4.61. The number of non-ortho nitro benzene ring substituents is 1. The van der Waals surface area contributed by atoms with Gasteiger partial charge in [-0.3, -0.25) is 10.1 Å². The maximum Gasteiger partial charge on any atom is 0.432 e. The minimum absolute atomic E-state index is 0.143. The van der Waals surface area contributed by atoms with Gasteiger partial charge in [0, 0.05) is 17.2 Å². The number of halogens is 5. The number of nitro groups is 1. The molecule has 1 aromatic heterocycles. The maximum atomic E-state index is 13.8. The molecule has 0 amide bonds. The van der Waals surface area contributed by atoms with Crippen LogP contribution in [0.1, 0.15) is 21.6 Å². The molecule has 2 aromatic carbocycles. The van der Waals surface area contributed by atoms with Crippen LogP contribution < -0.4 is 0 Å². The van der Waals surface area contributed by atoms with Crippen molar-refractivity contribution in [2.24, 2.45) is 0 Å². The first-order valence-corrected chi connectivity index (χ1v) is 9.78. The molecule has 0 spiro atoms. The number of nitriles is 1. The Hall–Kier alpha value is -3.36. The minimum Gasteiger partial charge on any atom is -0.440 e. The molecule has 3 rings (SSSR count). The summed E-state index contributed by atoms with van der Waals surface area (Å²) < 4.78 is 46.6. The van der Waals surface area contributed by atoms with Crippen LogP contribution in [-0.2, 0) is 17.6 Å². The summed E-state index contributed by atoms with van der Waals surface area (Å²) in [6.45, 7) is -0.908. The minimum atomic E-state index is -4.90. The van der Waals surface area contributed by atoms with Crippen molar-refractivity contribution >= 4 is 39.2 Å². The molecule has 3 aromatic rings. The number of carbonyl (C=O) groups is 1. The van der Waals surface area contributed by atoms with Crippen molar-refractivity contribution in [2.75, 3.05) is 0 Å². The summed E-state index contributed by atoms with van der Waals surface area (Å²) >= 11 is 8.68. The molecule has 0 aliphatic carbocycles. The van der Waals surface area contributed by atoms with Crippen molar-refractivity contribution in [3.63, 3.8) is 0 Å². The number of aromatic nitrogens is 1. The van der Waals surface area contributed by atoms with Gasteiger partial charge in [-0.1, -0.05) is 29.8 Å². The lowest BCUT2D eigenvalue weighted by Crippen LogP contribution is -2.18. The number of nitro benzene ring substituents is 1. The van der Waals surface area contributed by atoms with Crippen LogP contribution in [0, 0.1) is 21.4 Å². The smallest absolute Gasteiger partial charge is 0.432 e. The molecule has 0 atom stereocenters. The molecule has 7 nitrogen and oxygen atoms in total. The van der Waals surface area contributed by atoms with Crippen molar-refractivity contribution in [3.05, 3.63) is 85.0 Å². The second-order valence-corrected chi connectivity index (χ2v) is 7.53. The van der Waals surface area contributed by atoms with Crippen molar-refractivity contribution in [2.45, 2.75) is 12.9 Å². The molecule has 0 bridgehead atoms. The Labute approximate surface area is 191 Å². The molecule has 1 heterocycles. The number of hydrogen-bond donors (Lipinski definition) is 0. The fourth-order valence-electron chi connectivity index (χ4n) is 2.96. The van der Waals surface area contributed by atoms with Crippen LogP contribution in [-0.4, -0.2) is 15.5 Å². The summed E-state index contributed by atoms with van der Waals surface area (Å²) in [5.41, 5.74) is -2.05. The number of carbonyl (C=O) groups excluding carboxylic acids is 1. The second-order valence-electron chi connectivity index (χ2n) is 6.30. The normalized spacial score (nSPS) is 11.1. The van der Waals surface area contributed by atoms with E-state index < -0.39 is 34.0 Å². The Bertz CT molecular complexity index is 1250. The Morgan fingerprint density at radius 3 is 2.47 bits per heavy atom. The average molecular weight is 529 g/mol. The van der Waals surface area contributed by atoms with Gasteiger partial charge >= 0.3 is 12.1 Å². The number of rotatable bonds is 5. The van der Waals surface area contributed by atoms with Gasteiger partial charge in [-0.2, -0.15) is 18.4 Å². The van der Waals surface area contributed by atoms with E-state index in [2.05, 4.69) is 15.9 Å². The lowest BCUT2D eigenvalue weighted by Gasteiger charge is -2.16. The van der Waals surface area contributed by atoms with E-state index in [1.807, 2.05) is 0 Å². The number of alkyl halides is 3. The Morgan fingerprint density at radius 2 is 1.91 bits per heavy atom. The Kier molecular flexibility index (Phi) is 6.57. The molecule has 0 aliphatic rings. The third-order valence-electron chi connectivity index (χ3n) is 4.32. The van der Waals surface area contributed by atoms with Gasteiger partial charge in [0.25, 0.3) is 5.69 Å². The fraction of sp³-hybridized carbons (Fsp3) is 0.100. The summed E-state index contributed by atoms with van der Waals surface area (Å²) in [4.78, 5) is 22.5. The molecule has 0 fully saturated rings. The average Bonchev–Trinajstić information content (AvgIpc) is 3.04. The van der Waals surface area contributed by atoms with Gasteiger partial charge in [-0.05, 0) is 39.7 Å². The van der Waals surface area contributed by atoms with Crippen LogP contribution in [0.5, 0.6) is 0 Å². The number of esters is 1. The van der Waals surface area contributed by atoms with E-state index in [4.69, 9.17) is 16.3 Å². The molecular weight excluding hydrogens is 519 g/mol. The molecule has 0 saturated heterocycles. The summed E-state index contributed by atoms with van der Waals surface area (Å²) in [7, 11) is 0. The van der Waals surface area contributed by atoms with Crippen molar-refractivity contribution < 1.29 is 27.6 Å². The number of benzene rings is 2. The van der Waals surface area contributed by atoms with E-state index in [-0.39, 0.29) is 28.1 Å². The zero-order valence-corrected chi connectivity index (χ0v) is 18.0. The molecule has 164 valence electrons. The predicted molar refractivity (Wildman–Crippen MR) is 111 cm³/mol. The SMILES string of the molecule is N#Cc1c(Br)c(C(F)(F)F)n(COC(=O)c2cccc([N+](=O)[O-])c2)c1-c1ccc(Cl)cc1. The lowest BCUT2D eigenvalue weighted by atomic mass is 10.1. The highest BCUT2D eigenvalue weighted by Crippen LogP contribution is 2.43. The van der Waals surface area contributed by atoms with Gasteiger partial charge < -0.3 is 9.30 Å². The summed E-state index contributed by atoms with van der Waals surface area (Å²) in [6.07, 6.45) is -4.90. The van der Waals surface area contributed by atoms with Crippen molar-refractivity contribution in [3.8, 4) is 17.3 Å². The first-order valence-electron chi connectivity index (χ1n) is 8.61. The molecule has 0 unspecified atom stereocenters. The van der Waals surface area contributed by atoms with Gasteiger partial charge in [0.05, 0.1) is 26.2 Å². The molecule has 0 radical (unpaired) electrons. The standard InChI is InChI=1S/C20H10BrClF3N3O4/c21-16-15(9-26)17(11-4-6-13(22)7-5-11)27(18(16)20(23,24)25)10-32-19(29)12-2-1-3-14(8-12)28(30)31/h1-8H,10H2. The second kappa shape index (κ2) is 9.02. The van der Waals surface area contributed by atoms with E-state index in [0.29, 0.717) is 9.59 Å². The third-order valence-corrected chi connectivity index (χ3v) is 5.34. The van der Waals surface area contributed by atoms with Crippen LogP contribution in [0.4, 0.5) is 18.9 Å². The molecular formula is C20H10BrClF3N3O4. The van der Waals surface area contributed by atoms with Crippen LogP contribution >= 0.6 is 27.5 Å². The monoisotopic (exact) mass is 527 g/mol. The van der Waals surface area contributed by atoms with E-state index >= 15 is 0 Å². The first kappa shape index (κ1) is 23.3. The lowest BCUT2D eigenvalue weighted by molar-refractivity contribution is -0.384. The summed E-state index contributed by atoms with van der Waals surface area (Å²) in [6, 6.07) is 12.0. The van der Waals surface area contributed by atoms with E-state index in [9.17, 15) is 33.3 Å². The first-order chi connectivity index (χ1) is 15.0. The summed E-state index contributed by atoms with van der Waals surface area (Å²) in [5.74, 6) is -1.08. The fourth-order valence-corrected chi connectivity index (χ4v) is 3.80. The Balaban J connectivity index is 2.07. The summed E-state index contributed by atoms with van der Waals surface area (Å²) in [5, 5.41) is 20.7. The van der Waals surface area contributed by atoms with Crippen LogP contribution in [0.3, 0.4) is 0 Å². The number of nitrogens with zero attached hydrogens (tertiary/aromatic N) is 3. The van der Waals surface area contributed by atoms with E-state index in [1.165, 1.54) is 36.4 Å². The van der Waals surface area contributed by atoms with Crippen LogP contribution in [0.2, 0.25) is 5.02 Å². The van der Waals surface area contributed by atoms with E-state index in [0.717, 1.165) is 12.1 Å². The molecule has 12 heteroatoms. The van der Waals surface area contributed by atoms with Gasteiger partial charge in [-0.15, -0.1) is 0 Å². The highest BCUT2D eigenvalue weighted by Gasteiger charge is 2.41. The predicted octanol–water partition coefficient (Wildman–Crippen LogP) is 6.18. The number of ether oxygens (including phenoxy) is 1. The van der Waals surface area contributed by atoms with Crippen LogP contribution in [0.15, 0.2) is 53.0 Å².